The van der Waals surface area contributed by atoms with Gasteiger partial charge < -0.3 is 10.6 Å². The number of carbonyl (C=O) groups is 2. The molecule has 1 heterocycles. The Hall–Kier alpha value is -3.30. The van der Waals surface area contributed by atoms with Crippen molar-refractivity contribution in [3.05, 3.63) is 88.4 Å². The zero-order valence-corrected chi connectivity index (χ0v) is 21.5. The Morgan fingerprint density at radius 3 is 2.28 bits per heavy atom. The van der Waals surface area contributed by atoms with Crippen molar-refractivity contribution in [2.24, 2.45) is 5.92 Å². The first-order valence-electron chi connectivity index (χ1n) is 11.9. The van der Waals surface area contributed by atoms with Crippen molar-refractivity contribution in [2.75, 3.05) is 5.32 Å². The van der Waals surface area contributed by atoms with Gasteiger partial charge in [0.1, 0.15) is 5.01 Å². The summed E-state index contributed by atoms with van der Waals surface area (Å²) < 4.78 is 0. The molecule has 3 aromatic rings. The van der Waals surface area contributed by atoms with Crippen molar-refractivity contribution in [3.63, 3.8) is 0 Å². The fourth-order valence-electron chi connectivity index (χ4n) is 4.27. The molecule has 0 saturated heterocycles. The minimum Gasteiger partial charge on any atom is -0.321 e. The number of aromatic nitrogens is 2. The molecule has 9 heteroatoms. The molecule has 2 aromatic carbocycles. The molecule has 1 fully saturated rings. The second-order valence-corrected chi connectivity index (χ2v) is 11.0. The van der Waals surface area contributed by atoms with Gasteiger partial charge in [-0.3, -0.25) is 15.0 Å². The third kappa shape index (κ3) is 7.60. The molecule has 1 aromatic heterocycles. The first kappa shape index (κ1) is 25.8. The summed E-state index contributed by atoms with van der Waals surface area (Å²) in [7, 11) is 0. The number of benzene rings is 2. The Morgan fingerprint density at radius 1 is 0.972 bits per heavy atom. The summed E-state index contributed by atoms with van der Waals surface area (Å²) in [6.07, 6.45) is 4.26. The predicted octanol–water partition coefficient (Wildman–Crippen LogP) is 5.53. The fourth-order valence-corrected chi connectivity index (χ4v) is 5.99. The third-order valence-electron chi connectivity index (χ3n) is 6.01. The van der Waals surface area contributed by atoms with Crippen molar-refractivity contribution in [1.82, 2.24) is 15.5 Å². The lowest BCUT2D eigenvalue weighted by Crippen LogP contribution is -2.25. The normalized spacial score (nSPS) is 17.2. The minimum absolute atomic E-state index is 0.0801. The lowest BCUT2D eigenvalue weighted by atomic mass is 9.82. The molecule has 36 heavy (non-hydrogen) atoms. The van der Waals surface area contributed by atoms with Crippen LogP contribution in [0.1, 0.15) is 47.7 Å². The van der Waals surface area contributed by atoms with Gasteiger partial charge in [-0.2, -0.15) is 0 Å². The molecule has 7 nitrogen and oxygen atoms in total. The van der Waals surface area contributed by atoms with E-state index in [2.05, 4.69) is 27.4 Å². The van der Waals surface area contributed by atoms with E-state index in [1.54, 1.807) is 0 Å². The van der Waals surface area contributed by atoms with Gasteiger partial charge in [0.05, 0.1) is 22.9 Å². The highest BCUT2D eigenvalue weighted by molar-refractivity contribution is 8.17. The third-order valence-corrected chi connectivity index (χ3v) is 7.91. The fraction of sp³-hybridized carbons (Fsp3) is 0.296. The molecule has 0 unspecified atom stereocenters. The standard InChI is InChI=1S/C27H29N5O2S2/c1-18(29-23(33)15-19-9-4-2-5-10-19)35-25(28)21-13-8-14-22(17-21)26-31-32-27(36-26)30-24(34)16-20-11-6-3-7-12-20/h2-7,9-12,21-22,28H,1,8,13-17H2,(H,29,33)(H,30,32,34)/t21-,22-/m1/s1. The largest absolute Gasteiger partial charge is 0.321 e. The molecule has 3 N–H and O–H groups in total. The number of hydrogen-bond donors (Lipinski definition) is 3. The van der Waals surface area contributed by atoms with E-state index in [9.17, 15) is 9.59 Å². The molecular formula is C27H29N5O2S2. The topological polar surface area (TPSA) is 108 Å². The summed E-state index contributed by atoms with van der Waals surface area (Å²) in [6, 6.07) is 19.1. The molecule has 2 atom stereocenters. The molecule has 1 aliphatic rings. The van der Waals surface area contributed by atoms with Gasteiger partial charge >= 0.3 is 0 Å². The van der Waals surface area contributed by atoms with Crippen LogP contribution >= 0.6 is 23.1 Å². The van der Waals surface area contributed by atoms with Gasteiger partial charge in [0.15, 0.2) is 0 Å². The number of carbonyl (C=O) groups excluding carboxylic acids is 2. The molecule has 0 bridgehead atoms. The summed E-state index contributed by atoms with van der Waals surface area (Å²) in [4.78, 5) is 24.6. The Labute approximate surface area is 219 Å². The van der Waals surface area contributed by atoms with E-state index in [0.717, 1.165) is 41.8 Å². The second kappa shape index (κ2) is 12.6. The number of thioether (sulfide) groups is 1. The molecule has 2 amide bonds. The van der Waals surface area contributed by atoms with Crippen LogP contribution in [0.15, 0.2) is 72.3 Å². The van der Waals surface area contributed by atoms with Crippen LogP contribution in [0.25, 0.3) is 0 Å². The van der Waals surface area contributed by atoms with Crippen LogP contribution in [0.2, 0.25) is 0 Å². The van der Waals surface area contributed by atoms with Gasteiger partial charge in [-0.25, -0.2) is 0 Å². The van der Waals surface area contributed by atoms with E-state index < -0.39 is 0 Å². The molecular weight excluding hydrogens is 490 g/mol. The van der Waals surface area contributed by atoms with E-state index in [4.69, 9.17) is 5.41 Å². The van der Waals surface area contributed by atoms with E-state index in [-0.39, 0.29) is 30.1 Å². The lowest BCUT2D eigenvalue weighted by Gasteiger charge is -2.28. The van der Waals surface area contributed by atoms with Crippen LogP contribution in [-0.4, -0.2) is 27.1 Å². The van der Waals surface area contributed by atoms with Crippen molar-refractivity contribution in [2.45, 2.75) is 44.4 Å². The zero-order valence-electron chi connectivity index (χ0n) is 19.9. The quantitative estimate of drug-likeness (QED) is 0.254. The summed E-state index contributed by atoms with van der Waals surface area (Å²) in [6.45, 7) is 3.94. The van der Waals surface area contributed by atoms with Crippen LogP contribution in [0.4, 0.5) is 5.13 Å². The first-order valence-corrected chi connectivity index (χ1v) is 13.6. The Morgan fingerprint density at radius 2 is 1.61 bits per heavy atom. The maximum Gasteiger partial charge on any atom is 0.230 e. The average molecular weight is 520 g/mol. The molecule has 4 rings (SSSR count). The van der Waals surface area contributed by atoms with Gasteiger partial charge in [-0.15, -0.1) is 10.2 Å². The minimum atomic E-state index is -0.135. The summed E-state index contributed by atoms with van der Waals surface area (Å²) in [5, 5.41) is 25.1. The maximum atomic E-state index is 12.3. The first-order chi connectivity index (χ1) is 17.5. The smallest absolute Gasteiger partial charge is 0.230 e. The Balaban J connectivity index is 1.25. The van der Waals surface area contributed by atoms with E-state index in [1.807, 2.05) is 60.7 Å². The summed E-state index contributed by atoms with van der Waals surface area (Å²) >= 11 is 2.63. The predicted molar refractivity (Wildman–Crippen MR) is 146 cm³/mol. The number of rotatable bonds is 9. The molecule has 0 aliphatic heterocycles. The van der Waals surface area contributed by atoms with Crippen molar-refractivity contribution in [3.8, 4) is 0 Å². The Kier molecular flexibility index (Phi) is 9.02. The summed E-state index contributed by atoms with van der Waals surface area (Å²) in [5.74, 6) is 0.0274. The number of amides is 2. The molecule has 1 aliphatic carbocycles. The van der Waals surface area contributed by atoms with Crippen LogP contribution in [0.5, 0.6) is 0 Å². The monoisotopic (exact) mass is 519 g/mol. The molecule has 1 saturated carbocycles. The highest BCUT2D eigenvalue weighted by Gasteiger charge is 2.29. The van der Waals surface area contributed by atoms with E-state index >= 15 is 0 Å². The van der Waals surface area contributed by atoms with Gasteiger partial charge in [0, 0.05) is 11.8 Å². The van der Waals surface area contributed by atoms with Crippen LogP contribution in [0.3, 0.4) is 0 Å². The average Bonchev–Trinajstić information content (AvgIpc) is 3.33. The Bertz CT molecular complexity index is 1210. The van der Waals surface area contributed by atoms with E-state index in [1.165, 1.54) is 23.1 Å². The number of nitrogens with one attached hydrogen (secondary N) is 3. The molecule has 0 radical (unpaired) electrons. The second-order valence-electron chi connectivity index (χ2n) is 8.82. The van der Waals surface area contributed by atoms with Crippen LogP contribution in [-0.2, 0) is 22.4 Å². The van der Waals surface area contributed by atoms with E-state index in [0.29, 0.717) is 21.6 Å². The highest BCUT2D eigenvalue weighted by Crippen LogP contribution is 2.40. The van der Waals surface area contributed by atoms with Crippen LogP contribution < -0.4 is 10.6 Å². The van der Waals surface area contributed by atoms with Crippen molar-refractivity contribution >= 4 is 45.1 Å². The number of nitrogens with zero attached hydrogens (tertiary/aromatic N) is 2. The molecule has 0 spiro atoms. The maximum absolute atomic E-state index is 12.3. The van der Waals surface area contributed by atoms with Gasteiger partial charge in [0.25, 0.3) is 0 Å². The van der Waals surface area contributed by atoms with Gasteiger partial charge in [0.2, 0.25) is 16.9 Å². The van der Waals surface area contributed by atoms with Crippen molar-refractivity contribution < 1.29 is 9.59 Å². The van der Waals surface area contributed by atoms with Crippen molar-refractivity contribution in [1.29, 1.82) is 5.41 Å². The van der Waals surface area contributed by atoms with Gasteiger partial charge in [-0.05, 0) is 30.4 Å². The summed E-state index contributed by atoms with van der Waals surface area (Å²) in [5.41, 5.74) is 1.88. The molecule has 186 valence electrons. The lowest BCUT2D eigenvalue weighted by molar-refractivity contribution is -0.119. The SMILES string of the molecule is C=C(NC(=O)Cc1ccccc1)SC(=N)[C@@H]1CCC[C@@H](c2nnc(NC(=O)Cc3ccccc3)s2)C1. The van der Waals surface area contributed by atoms with Gasteiger partial charge in [-0.1, -0.05) is 96.8 Å². The number of anilines is 1. The number of hydrogen-bond acceptors (Lipinski definition) is 7. The highest BCUT2D eigenvalue weighted by atomic mass is 32.2. The van der Waals surface area contributed by atoms with Crippen LogP contribution in [0, 0.1) is 11.3 Å². The zero-order chi connectivity index (χ0) is 25.3.